The predicted octanol–water partition coefficient (Wildman–Crippen LogP) is 3.88. The van der Waals surface area contributed by atoms with E-state index in [1.54, 1.807) is 11.0 Å². The zero-order valence-corrected chi connectivity index (χ0v) is 12.4. The number of amides is 1. The minimum atomic E-state index is -0.0519. The van der Waals surface area contributed by atoms with E-state index >= 15 is 0 Å². The third kappa shape index (κ3) is 2.99. The fourth-order valence-electron chi connectivity index (χ4n) is 2.05. The van der Waals surface area contributed by atoms with Gasteiger partial charge in [-0.15, -0.1) is 0 Å². The lowest BCUT2D eigenvalue weighted by Gasteiger charge is -2.18. The number of hydrogen-bond donors (Lipinski definition) is 0. The summed E-state index contributed by atoms with van der Waals surface area (Å²) in [6.07, 6.45) is 0. The smallest absolute Gasteiger partial charge is 0.272 e. The molecule has 3 nitrogen and oxygen atoms in total. The number of pyridine rings is 1. The van der Waals surface area contributed by atoms with Crippen molar-refractivity contribution in [1.82, 2.24) is 9.88 Å². The maximum atomic E-state index is 12.3. The molecule has 104 valence electrons. The fourth-order valence-corrected chi connectivity index (χ4v) is 2.28. The van der Waals surface area contributed by atoms with Crippen molar-refractivity contribution in [2.45, 2.75) is 13.8 Å². The number of aromatic nitrogens is 1. The third-order valence-electron chi connectivity index (χ3n) is 3.17. The molecular weight excluding hydrogens is 272 g/mol. The number of carbonyl (C=O) groups is 1. The van der Waals surface area contributed by atoms with Gasteiger partial charge in [-0.2, -0.15) is 0 Å². The molecule has 0 unspecified atom stereocenters. The lowest BCUT2D eigenvalue weighted by Crippen LogP contribution is -2.31. The average molecular weight is 289 g/mol. The summed E-state index contributed by atoms with van der Waals surface area (Å²) in [7, 11) is 0. The van der Waals surface area contributed by atoms with Crippen LogP contribution in [-0.2, 0) is 0 Å². The van der Waals surface area contributed by atoms with E-state index in [4.69, 9.17) is 11.6 Å². The number of nitrogens with zero attached hydrogens (tertiary/aromatic N) is 2. The highest BCUT2D eigenvalue weighted by atomic mass is 35.5. The van der Waals surface area contributed by atoms with Crippen molar-refractivity contribution >= 4 is 17.5 Å². The molecule has 1 amide bonds. The number of benzene rings is 1. The second kappa shape index (κ2) is 6.53. The molecule has 20 heavy (non-hydrogen) atoms. The van der Waals surface area contributed by atoms with Crippen LogP contribution in [0.1, 0.15) is 24.3 Å². The summed E-state index contributed by atoms with van der Waals surface area (Å²) >= 11 is 6.17. The van der Waals surface area contributed by atoms with E-state index in [9.17, 15) is 4.79 Å². The second-order valence-electron chi connectivity index (χ2n) is 4.37. The Morgan fingerprint density at radius 1 is 1.10 bits per heavy atom. The first-order valence-corrected chi connectivity index (χ1v) is 7.06. The summed E-state index contributed by atoms with van der Waals surface area (Å²) in [5.74, 6) is -0.0519. The molecule has 2 aromatic rings. The molecule has 1 aromatic carbocycles. The Labute approximate surface area is 124 Å². The summed E-state index contributed by atoms with van der Waals surface area (Å²) < 4.78 is 0. The van der Waals surface area contributed by atoms with Crippen molar-refractivity contribution in [3.05, 3.63) is 53.2 Å². The van der Waals surface area contributed by atoms with Crippen LogP contribution in [0.2, 0.25) is 5.02 Å². The van der Waals surface area contributed by atoms with E-state index in [1.165, 1.54) is 0 Å². The number of halogens is 1. The summed E-state index contributed by atoms with van der Waals surface area (Å²) in [5.41, 5.74) is 2.00. The van der Waals surface area contributed by atoms with E-state index in [0.717, 1.165) is 5.56 Å². The van der Waals surface area contributed by atoms with Gasteiger partial charge < -0.3 is 4.90 Å². The largest absolute Gasteiger partial charge is 0.338 e. The lowest BCUT2D eigenvalue weighted by molar-refractivity contribution is 0.0767. The maximum absolute atomic E-state index is 12.3. The Hall–Kier alpha value is -1.87. The Kier molecular flexibility index (Phi) is 4.74. The van der Waals surface area contributed by atoms with Crippen LogP contribution in [0.4, 0.5) is 0 Å². The number of carbonyl (C=O) groups excluding carboxylic acids is 1. The van der Waals surface area contributed by atoms with Gasteiger partial charge in [-0.05, 0) is 32.0 Å². The Balaban J connectivity index is 2.38. The van der Waals surface area contributed by atoms with Gasteiger partial charge in [0.15, 0.2) is 0 Å². The van der Waals surface area contributed by atoms with Crippen LogP contribution in [0.5, 0.6) is 0 Å². The molecule has 0 saturated carbocycles. The van der Waals surface area contributed by atoms with Crippen LogP contribution < -0.4 is 0 Å². The number of rotatable bonds is 4. The zero-order chi connectivity index (χ0) is 14.5. The van der Waals surface area contributed by atoms with Gasteiger partial charge in [0, 0.05) is 23.7 Å². The molecule has 0 spiro atoms. The van der Waals surface area contributed by atoms with Gasteiger partial charge in [-0.1, -0.05) is 35.9 Å². The molecule has 0 fully saturated rings. The van der Waals surface area contributed by atoms with Gasteiger partial charge >= 0.3 is 0 Å². The number of hydrogen-bond acceptors (Lipinski definition) is 2. The van der Waals surface area contributed by atoms with Gasteiger partial charge in [-0.25, -0.2) is 4.98 Å². The topological polar surface area (TPSA) is 33.2 Å². The third-order valence-corrected chi connectivity index (χ3v) is 3.50. The minimum Gasteiger partial charge on any atom is -0.338 e. The van der Waals surface area contributed by atoms with Crippen molar-refractivity contribution in [1.29, 1.82) is 0 Å². The van der Waals surface area contributed by atoms with Gasteiger partial charge in [0.05, 0.1) is 5.69 Å². The molecule has 0 radical (unpaired) electrons. The second-order valence-corrected chi connectivity index (χ2v) is 4.77. The van der Waals surface area contributed by atoms with Crippen LogP contribution in [-0.4, -0.2) is 28.9 Å². The summed E-state index contributed by atoms with van der Waals surface area (Å²) in [6, 6.07) is 12.9. The molecule has 0 N–H and O–H groups in total. The van der Waals surface area contributed by atoms with E-state index in [1.807, 2.05) is 50.2 Å². The van der Waals surface area contributed by atoms with Crippen molar-refractivity contribution in [3.8, 4) is 11.3 Å². The van der Waals surface area contributed by atoms with Crippen LogP contribution in [0.3, 0.4) is 0 Å². The maximum Gasteiger partial charge on any atom is 0.272 e. The van der Waals surface area contributed by atoms with Gasteiger partial charge in [-0.3, -0.25) is 4.79 Å². The Morgan fingerprint density at radius 2 is 1.80 bits per heavy atom. The quantitative estimate of drug-likeness (QED) is 0.855. The first-order chi connectivity index (χ1) is 9.67. The normalized spacial score (nSPS) is 10.3. The van der Waals surface area contributed by atoms with E-state index in [2.05, 4.69) is 4.98 Å². The Morgan fingerprint density at radius 3 is 2.45 bits per heavy atom. The molecular formula is C16H17ClN2O. The van der Waals surface area contributed by atoms with Crippen molar-refractivity contribution < 1.29 is 4.79 Å². The standard InChI is InChI=1S/C16H17ClN2O/c1-3-19(4-2)16(20)15-11-7-10-14(18-15)12-8-5-6-9-13(12)17/h5-11H,3-4H2,1-2H3. The SMILES string of the molecule is CCN(CC)C(=O)c1cccc(-c2ccccc2Cl)n1. The molecule has 0 aliphatic rings. The summed E-state index contributed by atoms with van der Waals surface area (Å²) in [6.45, 7) is 5.26. The highest BCUT2D eigenvalue weighted by Gasteiger charge is 2.15. The van der Waals surface area contributed by atoms with E-state index in [0.29, 0.717) is 29.5 Å². The van der Waals surface area contributed by atoms with Crippen molar-refractivity contribution in [2.24, 2.45) is 0 Å². The fraction of sp³-hybridized carbons (Fsp3) is 0.250. The molecule has 0 aliphatic heterocycles. The monoisotopic (exact) mass is 288 g/mol. The zero-order valence-electron chi connectivity index (χ0n) is 11.6. The van der Waals surface area contributed by atoms with Crippen LogP contribution in [0, 0.1) is 0 Å². The van der Waals surface area contributed by atoms with Gasteiger partial charge in [0.1, 0.15) is 5.69 Å². The molecule has 0 atom stereocenters. The van der Waals surface area contributed by atoms with Gasteiger partial charge in [0.25, 0.3) is 5.91 Å². The molecule has 4 heteroatoms. The summed E-state index contributed by atoms with van der Waals surface area (Å²) in [4.78, 5) is 18.5. The molecule has 0 bridgehead atoms. The molecule has 2 rings (SSSR count). The highest BCUT2D eigenvalue weighted by molar-refractivity contribution is 6.33. The highest BCUT2D eigenvalue weighted by Crippen LogP contribution is 2.26. The van der Waals surface area contributed by atoms with E-state index in [-0.39, 0.29) is 5.91 Å². The van der Waals surface area contributed by atoms with Crippen LogP contribution >= 0.6 is 11.6 Å². The van der Waals surface area contributed by atoms with Crippen LogP contribution in [0.15, 0.2) is 42.5 Å². The minimum absolute atomic E-state index is 0.0519. The van der Waals surface area contributed by atoms with Crippen LogP contribution in [0.25, 0.3) is 11.3 Å². The molecule has 1 heterocycles. The predicted molar refractivity (Wildman–Crippen MR) is 81.9 cm³/mol. The molecule has 0 aliphatic carbocycles. The van der Waals surface area contributed by atoms with Gasteiger partial charge in [0.2, 0.25) is 0 Å². The molecule has 1 aromatic heterocycles. The molecule has 0 saturated heterocycles. The average Bonchev–Trinajstić information content (AvgIpc) is 2.49. The lowest BCUT2D eigenvalue weighted by atomic mass is 10.1. The first-order valence-electron chi connectivity index (χ1n) is 6.68. The Bertz CT molecular complexity index is 609. The first kappa shape index (κ1) is 14.5. The summed E-state index contributed by atoms with van der Waals surface area (Å²) in [5, 5.41) is 0.632. The van der Waals surface area contributed by atoms with E-state index < -0.39 is 0 Å². The van der Waals surface area contributed by atoms with Crippen molar-refractivity contribution in [3.63, 3.8) is 0 Å². The van der Waals surface area contributed by atoms with Crippen molar-refractivity contribution in [2.75, 3.05) is 13.1 Å².